The van der Waals surface area contributed by atoms with Crippen molar-refractivity contribution in [2.24, 2.45) is 0 Å². The minimum absolute atomic E-state index is 1.11. The highest BCUT2D eigenvalue weighted by Gasteiger charge is 2.14. The van der Waals surface area contributed by atoms with Crippen LogP contribution in [0, 0.1) is 13.8 Å². The maximum absolute atomic E-state index is 3.62. The quantitative estimate of drug-likeness (QED) is 0.720. The highest BCUT2D eigenvalue weighted by atomic mass is 79.9. The summed E-state index contributed by atoms with van der Waals surface area (Å²) >= 11 is 7.24. The normalized spacial score (nSPS) is 10.7. The molecule has 0 saturated heterocycles. The van der Waals surface area contributed by atoms with Crippen molar-refractivity contribution in [1.82, 2.24) is 4.57 Å². The van der Waals surface area contributed by atoms with Gasteiger partial charge in [-0.05, 0) is 69.0 Å². The van der Waals surface area contributed by atoms with Crippen LogP contribution in [0.15, 0.2) is 39.5 Å². The molecule has 0 fully saturated rings. The third kappa shape index (κ3) is 1.79. The van der Waals surface area contributed by atoms with Gasteiger partial charge >= 0.3 is 0 Å². The Morgan fingerprint density at radius 2 is 1.33 bits per heavy atom. The third-order valence-electron chi connectivity index (χ3n) is 2.59. The lowest BCUT2D eigenvalue weighted by molar-refractivity contribution is 1.01. The van der Waals surface area contributed by atoms with E-state index < -0.39 is 0 Å². The van der Waals surface area contributed by atoms with Crippen LogP contribution in [-0.2, 0) is 0 Å². The Morgan fingerprint density at radius 3 is 1.80 bits per heavy atom. The van der Waals surface area contributed by atoms with Crippen LogP contribution in [0.3, 0.4) is 0 Å². The maximum Gasteiger partial charge on any atom is 0.0933 e. The smallest absolute Gasteiger partial charge is 0.0933 e. The molecule has 1 nitrogen and oxygen atoms in total. The van der Waals surface area contributed by atoms with Crippen molar-refractivity contribution in [2.45, 2.75) is 13.8 Å². The van der Waals surface area contributed by atoms with Crippen LogP contribution in [0.2, 0.25) is 0 Å². The molecule has 1 heterocycles. The van der Waals surface area contributed by atoms with Crippen LogP contribution in [-0.4, -0.2) is 4.57 Å². The number of halogens is 2. The van der Waals surface area contributed by atoms with Gasteiger partial charge in [-0.2, -0.15) is 0 Å². The largest absolute Gasteiger partial charge is 0.298 e. The molecule has 0 amide bonds. The summed E-state index contributed by atoms with van der Waals surface area (Å²) < 4.78 is 4.38. The van der Waals surface area contributed by atoms with Crippen LogP contribution in [0.5, 0.6) is 0 Å². The topological polar surface area (TPSA) is 4.93 Å². The van der Waals surface area contributed by atoms with E-state index in [1.165, 1.54) is 11.1 Å². The van der Waals surface area contributed by atoms with E-state index in [2.05, 4.69) is 62.4 Å². The van der Waals surface area contributed by atoms with Crippen LogP contribution in [0.4, 0.5) is 0 Å². The molecule has 15 heavy (non-hydrogen) atoms. The Kier molecular flexibility index (Phi) is 3.03. The lowest BCUT2D eigenvalue weighted by Crippen LogP contribution is -1.93. The molecule has 0 aliphatic rings. The molecule has 0 bridgehead atoms. The van der Waals surface area contributed by atoms with Crippen molar-refractivity contribution >= 4 is 31.9 Å². The van der Waals surface area contributed by atoms with Crippen molar-refractivity contribution in [1.29, 1.82) is 0 Å². The van der Waals surface area contributed by atoms with Gasteiger partial charge in [-0.1, -0.05) is 18.2 Å². The van der Waals surface area contributed by atoms with Crippen LogP contribution in [0.1, 0.15) is 11.1 Å². The van der Waals surface area contributed by atoms with Gasteiger partial charge in [0.2, 0.25) is 0 Å². The zero-order valence-electron chi connectivity index (χ0n) is 8.59. The van der Waals surface area contributed by atoms with E-state index in [-0.39, 0.29) is 0 Å². The molecule has 3 heteroatoms. The van der Waals surface area contributed by atoms with E-state index in [0.29, 0.717) is 0 Å². The first-order chi connectivity index (χ1) is 7.13. The van der Waals surface area contributed by atoms with E-state index >= 15 is 0 Å². The molecule has 0 aliphatic heterocycles. The van der Waals surface area contributed by atoms with Gasteiger partial charge in [0.05, 0.1) is 9.21 Å². The third-order valence-corrected chi connectivity index (χ3v) is 4.49. The summed E-state index contributed by atoms with van der Waals surface area (Å²) in [5.74, 6) is 0. The zero-order chi connectivity index (χ0) is 11.0. The number of rotatable bonds is 1. The second-order valence-electron chi connectivity index (χ2n) is 3.50. The number of nitrogens with zero attached hydrogens (tertiary/aromatic N) is 1. The second kappa shape index (κ2) is 4.14. The molecule has 0 N–H and O–H groups in total. The summed E-state index contributed by atoms with van der Waals surface area (Å²) in [5, 5.41) is 0. The molecular formula is C12H11Br2N. The van der Waals surface area contributed by atoms with E-state index in [0.717, 1.165) is 14.9 Å². The van der Waals surface area contributed by atoms with E-state index in [1.807, 2.05) is 18.2 Å². The van der Waals surface area contributed by atoms with Crippen LogP contribution >= 0.6 is 31.9 Å². The first-order valence-corrected chi connectivity index (χ1v) is 6.30. The number of para-hydroxylation sites is 1. The summed E-state index contributed by atoms with van der Waals surface area (Å²) in [6, 6.07) is 10.3. The molecule has 2 aromatic rings. The summed E-state index contributed by atoms with van der Waals surface area (Å²) in [5.41, 5.74) is 3.70. The maximum atomic E-state index is 3.62. The lowest BCUT2D eigenvalue weighted by Gasteiger charge is -2.06. The Morgan fingerprint density at radius 1 is 0.867 bits per heavy atom. The summed E-state index contributed by atoms with van der Waals surface area (Å²) in [4.78, 5) is 0. The molecule has 2 rings (SSSR count). The number of aromatic nitrogens is 1. The average molecular weight is 329 g/mol. The van der Waals surface area contributed by atoms with Gasteiger partial charge in [0.15, 0.2) is 0 Å². The van der Waals surface area contributed by atoms with Crippen molar-refractivity contribution in [2.75, 3.05) is 0 Å². The average Bonchev–Trinajstić information content (AvgIpc) is 2.45. The fourth-order valence-corrected chi connectivity index (χ4v) is 3.13. The van der Waals surface area contributed by atoms with Crippen molar-refractivity contribution in [3.05, 3.63) is 50.7 Å². The number of benzene rings is 1. The van der Waals surface area contributed by atoms with Gasteiger partial charge in [0, 0.05) is 5.69 Å². The highest BCUT2D eigenvalue weighted by molar-refractivity contribution is 9.11. The standard InChI is InChI=1S/C12H11Br2N/c1-8-9(2)12(14)15(11(8)13)10-6-4-3-5-7-10/h3-7H,1-2H3. The molecule has 1 aromatic heterocycles. The Hall–Kier alpha value is -0.540. The lowest BCUT2D eigenvalue weighted by atomic mass is 10.2. The number of hydrogen-bond acceptors (Lipinski definition) is 0. The molecule has 0 unspecified atom stereocenters. The van der Waals surface area contributed by atoms with Gasteiger partial charge < -0.3 is 0 Å². The predicted octanol–water partition coefficient (Wildman–Crippen LogP) is 4.62. The van der Waals surface area contributed by atoms with Crippen molar-refractivity contribution in [3.63, 3.8) is 0 Å². The van der Waals surface area contributed by atoms with Gasteiger partial charge in [-0.15, -0.1) is 0 Å². The van der Waals surface area contributed by atoms with Gasteiger partial charge in [0.25, 0.3) is 0 Å². The first kappa shape index (κ1) is 11.0. The van der Waals surface area contributed by atoms with E-state index in [4.69, 9.17) is 0 Å². The Bertz CT molecular complexity index is 461. The minimum Gasteiger partial charge on any atom is -0.298 e. The first-order valence-electron chi connectivity index (χ1n) is 4.71. The second-order valence-corrected chi connectivity index (χ2v) is 5.00. The van der Waals surface area contributed by atoms with Crippen LogP contribution < -0.4 is 0 Å². The fraction of sp³-hybridized carbons (Fsp3) is 0.167. The Labute approximate surface area is 106 Å². The summed E-state index contributed by atoms with van der Waals surface area (Å²) in [6.07, 6.45) is 0. The fourth-order valence-electron chi connectivity index (χ4n) is 1.53. The van der Waals surface area contributed by atoms with Crippen LogP contribution in [0.25, 0.3) is 5.69 Å². The van der Waals surface area contributed by atoms with E-state index in [9.17, 15) is 0 Å². The minimum atomic E-state index is 1.11. The Balaban J connectivity index is 2.69. The predicted molar refractivity (Wildman–Crippen MR) is 70.6 cm³/mol. The SMILES string of the molecule is Cc1c(C)c(Br)n(-c2ccccc2)c1Br. The van der Waals surface area contributed by atoms with Crippen molar-refractivity contribution in [3.8, 4) is 5.69 Å². The summed E-state index contributed by atoms with van der Waals surface area (Å²) in [7, 11) is 0. The molecule has 0 saturated carbocycles. The molecule has 0 aliphatic carbocycles. The molecule has 78 valence electrons. The van der Waals surface area contributed by atoms with Gasteiger partial charge in [-0.25, -0.2) is 0 Å². The van der Waals surface area contributed by atoms with E-state index in [1.54, 1.807) is 0 Å². The zero-order valence-corrected chi connectivity index (χ0v) is 11.8. The van der Waals surface area contributed by atoms with Crippen molar-refractivity contribution < 1.29 is 0 Å². The summed E-state index contributed by atoms with van der Waals surface area (Å²) in [6.45, 7) is 4.23. The molecule has 0 spiro atoms. The van der Waals surface area contributed by atoms with Gasteiger partial charge in [0.1, 0.15) is 0 Å². The molecule has 0 radical (unpaired) electrons. The molecule has 1 aromatic carbocycles. The molecular weight excluding hydrogens is 318 g/mol. The van der Waals surface area contributed by atoms with Gasteiger partial charge in [-0.3, -0.25) is 4.57 Å². The highest BCUT2D eigenvalue weighted by Crippen LogP contribution is 2.33. The molecule has 0 atom stereocenters. The number of hydrogen-bond donors (Lipinski definition) is 0. The monoisotopic (exact) mass is 327 g/mol.